The molecule has 0 fully saturated rings. The maximum Gasteiger partial charge on any atom is 0.248 e. The maximum atomic E-state index is 12.1. The van der Waals surface area contributed by atoms with Crippen LogP contribution in [0.4, 0.5) is 5.69 Å². The Morgan fingerprint density at radius 2 is 1.83 bits per heavy atom. The summed E-state index contributed by atoms with van der Waals surface area (Å²) >= 11 is 6.07. The molecule has 0 aliphatic rings. The van der Waals surface area contributed by atoms with Gasteiger partial charge >= 0.3 is 0 Å². The molecule has 1 N–H and O–H groups in total. The molecule has 23 heavy (non-hydrogen) atoms. The average molecular weight is 322 g/mol. The Bertz CT molecular complexity index is 894. The molecule has 1 amide bonds. The first kappa shape index (κ1) is 15.3. The highest BCUT2D eigenvalue weighted by atomic mass is 35.5. The van der Waals surface area contributed by atoms with Crippen LogP contribution >= 0.6 is 11.6 Å². The van der Waals surface area contributed by atoms with Crippen molar-refractivity contribution in [2.45, 2.75) is 6.92 Å². The molecule has 0 aliphatic heterocycles. The number of halogens is 1. The fraction of sp³-hybridized carbons (Fsp3) is 0.0500. The van der Waals surface area contributed by atoms with Crippen LogP contribution in [0.5, 0.6) is 0 Å². The summed E-state index contributed by atoms with van der Waals surface area (Å²) < 4.78 is 0. The number of nitrogens with one attached hydrogen (secondary N) is 1. The highest BCUT2D eigenvalue weighted by Gasteiger charge is 2.02. The number of carbonyl (C=O) groups is 1. The molecule has 3 aromatic rings. The van der Waals surface area contributed by atoms with Gasteiger partial charge in [-0.15, -0.1) is 0 Å². The van der Waals surface area contributed by atoms with Crippen molar-refractivity contribution in [1.82, 2.24) is 0 Å². The van der Waals surface area contributed by atoms with Gasteiger partial charge in [0.25, 0.3) is 0 Å². The second kappa shape index (κ2) is 6.67. The minimum absolute atomic E-state index is 0.183. The second-order valence-electron chi connectivity index (χ2n) is 5.35. The average Bonchev–Trinajstić information content (AvgIpc) is 2.56. The number of benzene rings is 3. The van der Waals surface area contributed by atoms with E-state index in [1.165, 1.54) is 6.08 Å². The van der Waals surface area contributed by atoms with Crippen LogP contribution in [0.25, 0.3) is 16.8 Å². The van der Waals surface area contributed by atoms with Crippen molar-refractivity contribution in [1.29, 1.82) is 0 Å². The first-order chi connectivity index (χ1) is 11.1. The van der Waals surface area contributed by atoms with E-state index >= 15 is 0 Å². The van der Waals surface area contributed by atoms with Gasteiger partial charge in [-0.05, 0) is 47.0 Å². The maximum absolute atomic E-state index is 12.1. The van der Waals surface area contributed by atoms with Crippen LogP contribution in [0.2, 0.25) is 5.02 Å². The molecule has 2 nitrogen and oxygen atoms in total. The summed E-state index contributed by atoms with van der Waals surface area (Å²) in [4.78, 5) is 12.1. The molecule has 0 atom stereocenters. The van der Waals surface area contributed by atoms with Crippen molar-refractivity contribution in [2.75, 3.05) is 5.32 Å². The highest BCUT2D eigenvalue weighted by Crippen LogP contribution is 2.21. The van der Waals surface area contributed by atoms with E-state index in [0.717, 1.165) is 21.9 Å². The van der Waals surface area contributed by atoms with Crippen molar-refractivity contribution in [3.05, 3.63) is 82.9 Å². The topological polar surface area (TPSA) is 29.1 Å². The van der Waals surface area contributed by atoms with Crippen molar-refractivity contribution in [2.24, 2.45) is 0 Å². The summed E-state index contributed by atoms with van der Waals surface area (Å²) in [7, 11) is 0. The van der Waals surface area contributed by atoms with E-state index in [0.29, 0.717) is 10.7 Å². The minimum atomic E-state index is -0.183. The Labute approximate surface area is 140 Å². The van der Waals surface area contributed by atoms with Crippen LogP contribution < -0.4 is 5.32 Å². The molecule has 0 bridgehead atoms. The van der Waals surface area contributed by atoms with Gasteiger partial charge in [0.2, 0.25) is 5.91 Å². The number of aryl methyl sites for hydroxylation is 1. The molecule has 3 rings (SSSR count). The predicted octanol–water partition coefficient (Wildman–Crippen LogP) is 5.45. The zero-order chi connectivity index (χ0) is 16.2. The Balaban J connectivity index is 1.78. The van der Waals surface area contributed by atoms with E-state index in [2.05, 4.69) is 17.4 Å². The molecule has 0 aliphatic carbocycles. The smallest absolute Gasteiger partial charge is 0.248 e. The van der Waals surface area contributed by atoms with Crippen LogP contribution in [0.15, 0.2) is 66.7 Å². The fourth-order valence-electron chi connectivity index (χ4n) is 2.42. The number of carbonyl (C=O) groups excluding carboxylic acids is 1. The number of hydrogen-bond acceptors (Lipinski definition) is 1. The molecule has 0 radical (unpaired) electrons. The van der Waals surface area contributed by atoms with Gasteiger partial charge < -0.3 is 5.32 Å². The molecule has 3 aromatic carbocycles. The lowest BCUT2D eigenvalue weighted by molar-refractivity contribution is -0.111. The molecule has 0 saturated heterocycles. The molecule has 0 heterocycles. The molecular weight excluding hydrogens is 306 g/mol. The SMILES string of the molecule is Cc1ccc(NC(=O)/C=C/c2cccc3ccccc23)cc1Cl. The van der Waals surface area contributed by atoms with Gasteiger partial charge in [-0.1, -0.05) is 60.1 Å². The number of hydrogen-bond donors (Lipinski definition) is 1. The lowest BCUT2D eigenvalue weighted by atomic mass is 10.0. The summed E-state index contributed by atoms with van der Waals surface area (Å²) in [6.07, 6.45) is 3.36. The normalized spacial score (nSPS) is 11.0. The quantitative estimate of drug-likeness (QED) is 0.638. The van der Waals surface area contributed by atoms with Crippen molar-refractivity contribution < 1.29 is 4.79 Å². The zero-order valence-electron chi connectivity index (χ0n) is 12.7. The van der Waals surface area contributed by atoms with Gasteiger partial charge in [-0.3, -0.25) is 4.79 Å². The summed E-state index contributed by atoms with van der Waals surface area (Å²) in [5, 5.41) is 5.73. The summed E-state index contributed by atoms with van der Waals surface area (Å²) in [6.45, 7) is 1.92. The molecule has 0 aromatic heterocycles. The van der Waals surface area contributed by atoms with Gasteiger partial charge in [0.15, 0.2) is 0 Å². The van der Waals surface area contributed by atoms with E-state index < -0.39 is 0 Å². The largest absolute Gasteiger partial charge is 0.322 e. The summed E-state index contributed by atoms with van der Waals surface area (Å²) in [6, 6.07) is 19.6. The van der Waals surface area contributed by atoms with Gasteiger partial charge in [0, 0.05) is 16.8 Å². The van der Waals surface area contributed by atoms with Gasteiger partial charge in [-0.2, -0.15) is 0 Å². The molecule has 0 spiro atoms. The number of fused-ring (bicyclic) bond motifs is 1. The van der Waals surface area contributed by atoms with E-state index in [1.54, 1.807) is 6.07 Å². The van der Waals surface area contributed by atoms with Gasteiger partial charge in [0.1, 0.15) is 0 Å². The first-order valence-corrected chi connectivity index (χ1v) is 7.74. The van der Waals surface area contributed by atoms with Crippen molar-refractivity contribution >= 4 is 40.0 Å². The number of rotatable bonds is 3. The van der Waals surface area contributed by atoms with Gasteiger partial charge in [-0.25, -0.2) is 0 Å². The van der Waals surface area contributed by atoms with Crippen LogP contribution in [0.1, 0.15) is 11.1 Å². The third-order valence-electron chi connectivity index (χ3n) is 3.68. The monoisotopic (exact) mass is 321 g/mol. The second-order valence-corrected chi connectivity index (χ2v) is 5.76. The third-order valence-corrected chi connectivity index (χ3v) is 4.08. The Hall–Kier alpha value is -2.58. The Morgan fingerprint density at radius 3 is 2.65 bits per heavy atom. The predicted molar refractivity (Wildman–Crippen MR) is 97.8 cm³/mol. The van der Waals surface area contributed by atoms with Gasteiger partial charge in [0.05, 0.1) is 0 Å². The molecular formula is C20H16ClNO. The van der Waals surface area contributed by atoms with Crippen LogP contribution in [-0.4, -0.2) is 5.91 Å². The van der Waals surface area contributed by atoms with Crippen LogP contribution in [0, 0.1) is 6.92 Å². The standard InChI is InChI=1S/C20H16ClNO/c1-14-9-11-17(13-19(14)21)22-20(23)12-10-16-7-4-6-15-5-2-3-8-18(15)16/h2-13H,1H3,(H,22,23)/b12-10+. The lowest BCUT2D eigenvalue weighted by Gasteiger charge is -2.05. The van der Waals surface area contributed by atoms with E-state index in [1.807, 2.05) is 55.5 Å². The zero-order valence-corrected chi connectivity index (χ0v) is 13.5. The van der Waals surface area contributed by atoms with E-state index in [9.17, 15) is 4.79 Å². The molecule has 0 unspecified atom stereocenters. The Kier molecular flexibility index (Phi) is 4.45. The summed E-state index contributed by atoms with van der Waals surface area (Å²) in [5.41, 5.74) is 2.68. The van der Waals surface area contributed by atoms with Crippen molar-refractivity contribution in [3.63, 3.8) is 0 Å². The van der Waals surface area contributed by atoms with Crippen LogP contribution in [0.3, 0.4) is 0 Å². The number of amides is 1. The van der Waals surface area contributed by atoms with E-state index in [4.69, 9.17) is 11.6 Å². The minimum Gasteiger partial charge on any atom is -0.322 e. The highest BCUT2D eigenvalue weighted by molar-refractivity contribution is 6.31. The van der Waals surface area contributed by atoms with E-state index in [-0.39, 0.29) is 5.91 Å². The number of anilines is 1. The first-order valence-electron chi connectivity index (χ1n) is 7.36. The molecule has 3 heteroatoms. The molecule has 0 saturated carbocycles. The molecule has 114 valence electrons. The van der Waals surface area contributed by atoms with Crippen molar-refractivity contribution in [3.8, 4) is 0 Å². The third kappa shape index (κ3) is 3.61. The Morgan fingerprint density at radius 1 is 1.04 bits per heavy atom. The fourth-order valence-corrected chi connectivity index (χ4v) is 2.60. The van der Waals surface area contributed by atoms with Crippen LogP contribution in [-0.2, 0) is 4.79 Å². The lowest BCUT2D eigenvalue weighted by Crippen LogP contribution is -2.07. The summed E-state index contributed by atoms with van der Waals surface area (Å²) in [5.74, 6) is -0.183.